The van der Waals surface area contributed by atoms with E-state index in [0.717, 1.165) is 11.3 Å². The first-order chi connectivity index (χ1) is 4.74. The van der Waals surface area contributed by atoms with Crippen LogP contribution in [-0.2, 0) is 0 Å². The van der Waals surface area contributed by atoms with E-state index < -0.39 is 0 Å². The Kier molecular flexibility index (Phi) is 1.95. The summed E-state index contributed by atoms with van der Waals surface area (Å²) >= 11 is 0. The summed E-state index contributed by atoms with van der Waals surface area (Å²) in [5.41, 5.74) is 2.32. The molecule has 1 radical (unpaired) electrons. The molecule has 0 atom stereocenters. The van der Waals surface area contributed by atoms with E-state index in [9.17, 15) is 0 Å². The summed E-state index contributed by atoms with van der Waals surface area (Å²) < 4.78 is 4.88. The van der Waals surface area contributed by atoms with Gasteiger partial charge < -0.3 is 4.74 Å². The van der Waals surface area contributed by atoms with Gasteiger partial charge in [0.1, 0.15) is 12.9 Å². The maximum atomic E-state index is 4.88. The van der Waals surface area contributed by atoms with E-state index in [0.29, 0.717) is 0 Å². The molecule has 1 aromatic rings. The predicted molar refractivity (Wildman–Crippen MR) is 41.9 cm³/mol. The summed E-state index contributed by atoms with van der Waals surface area (Å²) in [6.45, 7) is 4.03. The number of rotatable bonds is 1. The quantitative estimate of drug-likeness (QED) is 0.574. The lowest BCUT2D eigenvalue weighted by Crippen LogP contribution is -1.84. The van der Waals surface area contributed by atoms with E-state index in [2.05, 4.69) is 13.2 Å². The molecule has 0 aliphatic carbocycles. The fourth-order valence-corrected chi connectivity index (χ4v) is 0.863. The Morgan fingerprint density at radius 1 is 1.30 bits per heavy atom. The van der Waals surface area contributed by atoms with Crippen LogP contribution in [0.25, 0.3) is 0 Å². The van der Waals surface area contributed by atoms with Gasteiger partial charge in [-0.2, -0.15) is 0 Å². The van der Waals surface area contributed by atoms with Gasteiger partial charge in [0.25, 0.3) is 0 Å². The lowest BCUT2D eigenvalue weighted by molar-refractivity contribution is 0.469. The zero-order valence-corrected chi connectivity index (χ0v) is 6.35. The van der Waals surface area contributed by atoms with Crippen LogP contribution in [-0.4, -0.2) is 0 Å². The molecule has 0 heterocycles. The third kappa shape index (κ3) is 1.29. The average molecular weight is 135 g/mol. The highest BCUT2D eigenvalue weighted by atomic mass is 16.5. The van der Waals surface area contributed by atoms with Crippen LogP contribution in [0.1, 0.15) is 11.1 Å². The van der Waals surface area contributed by atoms with E-state index in [4.69, 9.17) is 4.74 Å². The smallest absolute Gasteiger partial charge is 0.122 e. The zero-order valence-electron chi connectivity index (χ0n) is 6.35. The molecular weight excluding hydrogens is 124 g/mol. The van der Waals surface area contributed by atoms with Crippen LogP contribution < -0.4 is 4.74 Å². The van der Waals surface area contributed by atoms with Crippen LogP contribution in [0.2, 0.25) is 0 Å². The van der Waals surface area contributed by atoms with E-state index in [1.165, 1.54) is 5.56 Å². The van der Waals surface area contributed by atoms with Crippen molar-refractivity contribution in [3.05, 3.63) is 36.4 Å². The Morgan fingerprint density at radius 3 is 2.50 bits per heavy atom. The largest absolute Gasteiger partial charge is 0.490 e. The molecule has 0 spiro atoms. The van der Waals surface area contributed by atoms with Crippen molar-refractivity contribution in [2.45, 2.75) is 13.8 Å². The Labute approximate surface area is 61.6 Å². The van der Waals surface area contributed by atoms with Gasteiger partial charge in [0.05, 0.1) is 0 Å². The molecule has 0 aromatic heterocycles. The van der Waals surface area contributed by atoms with Gasteiger partial charge in [0.2, 0.25) is 0 Å². The second-order valence-corrected chi connectivity index (χ2v) is 2.41. The van der Waals surface area contributed by atoms with Gasteiger partial charge in [-0.05, 0) is 31.0 Å². The summed E-state index contributed by atoms with van der Waals surface area (Å²) in [6, 6.07) is 6.05. The number of aryl methyl sites for hydroxylation is 2. The lowest BCUT2D eigenvalue weighted by Gasteiger charge is -2.03. The molecule has 0 fully saturated rings. The van der Waals surface area contributed by atoms with Crippen LogP contribution in [0.5, 0.6) is 5.75 Å². The molecule has 0 bridgehead atoms. The van der Waals surface area contributed by atoms with Crippen LogP contribution in [0, 0.1) is 21.0 Å². The third-order valence-electron chi connectivity index (χ3n) is 1.50. The van der Waals surface area contributed by atoms with Crippen molar-refractivity contribution in [2.24, 2.45) is 0 Å². The van der Waals surface area contributed by atoms with Gasteiger partial charge in [-0.25, -0.2) is 0 Å². The minimum atomic E-state index is 0.861. The van der Waals surface area contributed by atoms with Gasteiger partial charge in [-0.15, -0.1) is 0 Å². The maximum Gasteiger partial charge on any atom is 0.122 e. The average Bonchev–Trinajstić information content (AvgIpc) is 1.94. The Hall–Kier alpha value is -0.980. The Balaban J connectivity index is 3.09. The van der Waals surface area contributed by atoms with E-state index in [1.54, 1.807) is 0 Å². The molecule has 0 saturated heterocycles. The normalized spacial score (nSPS) is 9.50. The monoisotopic (exact) mass is 135 g/mol. The Morgan fingerprint density at radius 2 is 2.00 bits per heavy atom. The molecule has 1 nitrogen and oxygen atoms in total. The van der Waals surface area contributed by atoms with Crippen molar-refractivity contribution >= 4 is 0 Å². The third-order valence-corrected chi connectivity index (χ3v) is 1.50. The molecule has 1 heteroatoms. The first-order valence-corrected chi connectivity index (χ1v) is 3.23. The van der Waals surface area contributed by atoms with Crippen LogP contribution in [0.4, 0.5) is 0 Å². The molecule has 0 saturated carbocycles. The summed E-state index contributed by atoms with van der Waals surface area (Å²) in [6.07, 6.45) is 0. The number of benzene rings is 1. The predicted octanol–water partition coefficient (Wildman–Crippen LogP) is 2.47. The minimum Gasteiger partial charge on any atom is -0.490 e. The van der Waals surface area contributed by atoms with E-state index in [-0.39, 0.29) is 0 Å². The molecule has 1 rings (SSSR count). The van der Waals surface area contributed by atoms with Crippen molar-refractivity contribution in [3.8, 4) is 5.75 Å². The standard InChI is InChI=1S/C9H11O/c1-7-4-5-8(2)9(6-7)10-3/h4-6H,3H2,1-2H3. The Bertz CT molecular complexity index is 228. The van der Waals surface area contributed by atoms with Gasteiger partial charge in [-0.3, -0.25) is 0 Å². The highest BCUT2D eigenvalue weighted by molar-refractivity contribution is 5.35. The lowest BCUT2D eigenvalue weighted by atomic mass is 10.1. The SMILES string of the molecule is [CH2]Oc1cc(C)ccc1C. The second-order valence-electron chi connectivity index (χ2n) is 2.41. The van der Waals surface area contributed by atoms with Gasteiger partial charge >= 0.3 is 0 Å². The topological polar surface area (TPSA) is 9.23 Å². The van der Waals surface area contributed by atoms with E-state index >= 15 is 0 Å². The fourth-order valence-electron chi connectivity index (χ4n) is 0.863. The highest BCUT2D eigenvalue weighted by Gasteiger charge is 1.95. The second kappa shape index (κ2) is 2.74. The van der Waals surface area contributed by atoms with Crippen molar-refractivity contribution in [1.29, 1.82) is 0 Å². The molecule has 0 aliphatic heterocycles. The van der Waals surface area contributed by atoms with Crippen molar-refractivity contribution < 1.29 is 4.74 Å². The van der Waals surface area contributed by atoms with Crippen molar-refractivity contribution in [1.82, 2.24) is 0 Å². The number of ether oxygens (including phenoxy) is 1. The van der Waals surface area contributed by atoms with Crippen LogP contribution in [0.15, 0.2) is 18.2 Å². The number of hydrogen-bond acceptors (Lipinski definition) is 1. The summed E-state index contributed by atoms with van der Waals surface area (Å²) in [7, 11) is 3.36. The molecule has 0 amide bonds. The van der Waals surface area contributed by atoms with Gasteiger partial charge in [-0.1, -0.05) is 12.1 Å². The highest BCUT2D eigenvalue weighted by Crippen LogP contribution is 2.18. The molecular formula is C9H11O. The van der Waals surface area contributed by atoms with Crippen LogP contribution >= 0.6 is 0 Å². The molecule has 0 aliphatic rings. The molecule has 0 unspecified atom stereocenters. The van der Waals surface area contributed by atoms with Crippen LogP contribution in [0.3, 0.4) is 0 Å². The number of hydrogen-bond donors (Lipinski definition) is 0. The summed E-state index contributed by atoms with van der Waals surface area (Å²) in [5, 5.41) is 0. The molecule has 53 valence electrons. The van der Waals surface area contributed by atoms with Crippen molar-refractivity contribution in [3.63, 3.8) is 0 Å². The van der Waals surface area contributed by atoms with Gasteiger partial charge in [0, 0.05) is 0 Å². The maximum absolute atomic E-state index is 4.88. The van der Waals surface area contributed by atoms with Crippen molar-refractivity contribution in [2.75, 3.05) is 0 Å². The first kappa shape index (κ1) is 7.13. The summed E-state index contributed by atoms with van der Waals surface area (Å²) in [5.74, 6) is 0.861. The summed E-state index contributed by atoms with van der Waals surface area (Å²) in [4.78, 5) is 0. The zero-order chi connectivity index (χ0) is 7.56. The molecule has 1 aromatic carbocycles. The minimum absolute atomic E-state index is 0.861. The fraction of sp³-hybridized carbons (Fsp3) is 0.222. The van der Waals surface area contributed by atoms with Gasteiger partial charge in [0.15, 0.2) is 0 Å². The first-order valence-electron chi connectivity index (χ1n) is 3.23. The molecule has 10 heavy (non-hydrogen) atoms. The van der Waals surface area contributed by atoms with E-state index in [1.807, 2.05) is 26.0 Å². The molecule has 0 N–H and O–H groups in total.